The van der Waals surface area contributed by atoms with Crippen molar-refractivity contribution in [3.05, 3.63) is 93.0 Å². The highest BCUT2D eigenvalue weighted by Gasteiger charge is 2.27. The van der Waals surface area contributed by atoms with Crippen LogP contribution in [-0.2, 0) is 6.54 Å². The molecule has 0 atom stereocenters. The third-order valence-corrected chi connectivity index (χ3v) is 6.04. The third kappa shape index (κ3) is 3.95. The SMILES string of the molecule is O=C(c1nnc(-c2ccccn2)o1)c1c(Cl)n(Cc2ccc(Cl)cc2Cl)c2ccc(O)cc12. The fraction of sp³-hybridized carbons (Fsp3) is 0.0435. The molecular formula is C23H13Cl3N4O3. The van der Waals surface area contributed by atoms with Crippen molar-refractivity contribution in [2.45, 2.75) is 6.54 Å². The van der Waals surface area contributed by atoms with Crippen LogP contribution in [-0.4, -0.2) is 30.6 Å². The molecule has 0 aliphatic carbocycles. The van der Waals surface area contributed by atoms with Crippen molar-refractivity contribution in [1.82, 2.24) is 19.7 Å². The summed E-state index contributed by atoms with van der Waals surface area (Å²) < 4.78 is 7.30. The van der Waals surface area contributed by atoms with E-state index in [1.807, 2.05) is 0 Å². The molecule has 0 bridgehead atoms. The van der Waals surface area contributed by atoms with E-state index in [0.29, 0.717) is 26.6 Å². The quantitative estimate of drug-likeness (QED) is 0.297. The van der Waals surface area contributed by atoms with E-state index in [9.17, 15) is 9.90 Å². The molecule has 0 aliphatic heterocycles. The molecule has 2 aromatic carbocycles. The molecule has 0 spiro atoms. The Hall–Kier alpha value is -3.39. The number of phenolic OH excluding ortho intramolecular Hbond substituents is 1. The number of hydrogen-bond acceptors (Lipinski definition) is 6. The van der Waals surface area contributed by atoms with Crippen molar-refractivity contribution < 1.29 is 14.3 Å². The smallest absolute Gasteiger partial charge is 0.289 e. The summed E-state index contributed by atoms with van der Waals surface area (Å²) >= 11 is 19.0. The first-order chi connectivity index (χ1) is 15.9. The van der Waals surface area contributed by atoms with Crippen molar-refractivity contribution in [2.24, 2.45) is 0 Å². The Labute approximate surface area is 202 Å². The van der Waals surface area contributed by atoms with Gasteiger partial charge in [0.15, 0.2) is 0 Å². The van der Waals surface area contributed by atoms with E-state index in [1.54, 1.807) is 53.2 Å². The van der Waals surface area contributed by atoms with Crippen LogP contribution in [0.3, 0.4) is 0 Å². The average Bonchev–Trinajstić information content (AvgIpc) is 3.39. The van der Waals surface area contributed by atoms with Crippen LogP contribution >= 0.6 is 34.8 Å². The minimum Gasteiger partial charge on any atom is -0.508 e. The lowest BCUT2D eigenvalue weighted by atomic mass is 10.1. The van der Waals surface area contributed by atoms with E-state index >= 15 is 0 Å². The van der Waals surface area contributed by atoms with Crippen molar-refractivity contribution in [3.8, 4) is 17.3 Å². The van der Waals surface area contributed by atoms with Gasteiger partial charge in [0.1, 0.15) is 16.6 Å². The first-order valence-corrected chi connectivity index (χ1v) is 10.8. The summed E-state index contributed by atoms with van der Waals surface area (Å²) in [5.41, 5.74) is 1.94. The first-order valence-electron chi connectivity index (χ1n) is 9.66. The number of fused-ring (bicyclic) bond motifs is 1. The zero-order chi connectivity index (χ0) is 23.1. The molecule has 7 nitrogen and oxygen atoms in total. The predicted octanol–water partition coefficient (Wildman–Crippen LogP) is 6.03. The number of benzene rings is 2. The number of nitrogens with zero attached hydrogens (tertiary/aromatic N) is 4. The molecule has 5 aromatic rings. The van der Waals surface area contributed by atoms with E-state index < -0.39 is 5.78 Å². The van der Waals surface area contributed by atoms with Gasteiger partial charge >= 0.3 is 0 Å². The molecule has 0 saturated carbocycles. The number of hydrogen-bond donors (Lipinski definition) is 1. The summed E-state index contributed by atoms with van der Waals surface area (Å²) in [5.74, 6) is -0.736. The fourth-order valence-electron chi connectivity index (χ4n) is 3.52. The van der Waals surface area contributed by atoms with Gasteiger partial charge in [0, 0.05) is 21.6 Å². The van der Waals surface area contributed by atoms with Gasteiger partial charge in [-0.15, -0.1) is 10.2 Å². The van der Waals surface area contributed by atoms with Crippen LogP contribution in [0.2, 0.25) is 15.2 Å². The van der Waals surface area contributed by atoms with Gasteiger partial charge in [0.05, 0.1) is 17.6 Å². The van der Waals surface area contributed by atoms with Crippen LogP contribution < -0.4 is 0 Å². The number of phenols is 1. The summed E-state index contributed by atoms with van der Waals surface area (Å²) in [6.07, 6.45) is 1.58. The van der Waals surface area contributed by atoms with Crippen molar-refractivity contribution in [3.63, 3.8) is 0 Å². The molecule has 0 unspecified atom stereocenters. The Balaban J connectivity index is 1.61. The fourth-order valence-corrected chi connectivity index (χ4v) is 4.32. The Bertz CT molecular complexity index is 1510. The Morgan fingerprint density at radius 2 is 1.88 bits per heavy atom. The van der Waals surface area contributed by atoms with E-state index in [1.165, 1.54) is 12.1 Å². The second-order valence-electron chi connectivity index (χ2n) is 7.15. The van der Waals surface area contributed by atoms with Gasteiger partial charge in [-0.1, -0.05) is 46.9 Å². The zero-order valence-electron chi connectivity index (χ0n) is 16.7. The van der Waals surface area contributed by atoms with Gasteiger partial charge in [-0.3, -0.25) is 9.78 Å². The molecule has 1 N–H and O–H groups in total. The number of carbonyl (C=O) groups is 1. The second kappa shape index (κ2) is 8.51. The molecule has 3 aromatic heterocycles. The largest absolute Gasteiger partial charge is 0.508 e. The standard InChI is InChI=1S/C23H13Cl3N4O3/c24-13-5-4-12(16(25)9-13)11-30-18-7-6-14(31)10-15(18)19(21(30)26)20(32)23-29-28-22(33-23)17-3-1-2-8-27-17/h1-10,31H,11H2. The zero-order valence-corrected chi connectivity index (χ0v) is 18.9. The van der Waals surface area contributed by atoms with Gasteiger partial charge < -0.3 is 14.1 Å². The van der Waals surface area contributed by atoms with E-state index in [0.717, 1.165) is 5.56 Å². The van der Waals surface area contributed by atoms with E-state index in [-0.39, 0.29) is 34.8 Å². The maximum Gasteiger partial charge on any atom is 0.289 e. The minimum atomic E-state index is -0.578. The molecule has 3 heterocycles. The van der Waals surface area contributed by atoms with Crippen LogP contribution in [0.4, 0.5) is 0 Å². The Kier molecular flexibility index (Phi) is 5.54. The molecule has 10 heteroatoms. The molecular weight excluding hydrogens is 487 g/mol. The molecule has 0 saturated heterocycles. The highest BCUT2D eigenvalue weighted by molar-refractivity contribution is 6.37. The van der Waals surface area contributed by atoms with Crippen LogP contribution in [0.5, 0.6) is 5.75 Å². The second-order valence-corrected chi connectivity index (χ2v) is 8.35. The summed E-state index contributed by atoms with van der Waals surface area (Å²) in [7, 11) is 0. The molecule has 33 heavy (non-hydrogen) atoms. The van der Waals surface area contributed by atoms with Crippen LogP contribution in [0.25, 0.3) is 22.5 Å². The number of pyridine rings is 1. The van der Waals surface area contributed by atoms with Gasteiger partial charge in [0.25, 0.3) is 17.6 Å². The topological polar surface area (TPSA) is 94.0 Å². The van der Waals surface area contributed by atoms with Gasteiger partial charge in [-0.2, -0.15) is 0 Å². The van der Waals surface area contributed by atoms with Crippen LogP contribution in [0.15, 0.2) is 65.2 Å². The lowest BCUT2D eigenvalue weighted by Crippen LogP contribution is -2.04. The Morgan fingerprint density at radius 1 is 1.03 bits per heavy atom. The lowest BCUT2D eigenvalue weighted by molar-refractivity contribution is 0.100. The summed E-state index contributed by atoms with van der Waals surface area (Å²) in [6.45, 7) is 0.270. The van der Waals surface area contributed by atoms with Crippen LogP contribution in [0.1, 0.15) is 21.8 Å². The molecule has 0 amide bonds. The molecule has 0 radical (unpaired) electrons. The van der Waals surface area contributed by atoms with Crippen LogP contribution in [0, 0.1) is 0 Å². The maximum atomic E-state index is 13.4. The van der Waals surface area contributed by atoms with Gasteiger partial charge in [-0.05, 0) is 48.0 Å². The number of aromatic hydroxyl groups is 1. The first kappa shape index (κ1) is 21.5. The number of aromatic nitrogens is 4. The number of rotatable bonds is 5. The van der Waals surface area contributed by atoms with Crippen molar-refractivity contribution in [2.75, 3.05) is 0 Å². The van der Waals surface area contributed by atoms with Crippen molar-refractivity contribution >= 4 is 51.5 Å². The average molecular weight is 500 g/mol. The summed E-state index contributed by atoms with van der Waals surface area (Å²) in [4.78, 5) is 17.5. The predicted molar refractivity (Wildman–Crippen MR) is 125 cm³/mol. The molecule has 0 fully saturated rings. The molecule has 164 valence electrons. The minimum absolute atomic E-state index is 0.0189. The highest BCUT2D eigenvalue weighted by atomic mass is 35.5. The number of halogens is 3. The number of carbonyl (C=O) groups excluding carboxylic acids is 1. The third-order valence-electron chi connectivity index (χ3n) is 5.06. The van der Waals surface area contributed by atoms with Gasteiger partial charge in [-0.25, -0.2) is 0 Å². The normalized spacial score (nSPS) is 11.2. The van der Waals surface area contributed by atoms with Gasteiger partial charge in [0.2, 0.25) is 0 Å². The molecule has 0 aliphatic rings. The monoisotopic (exact) mass is 498 g/mol. The highest BCUT2D eigenvalue weighted by Crippen LogP contribution is 2.35. The Morgan fingerprint density at radius 3 is 2.64 bits per heavy atom. The van der Waals surface area contributed by atoms with E-state index in [2.05, 4.69) is 15.2 Å². The summed E-state index contributed by atoms with van der Waals surface area (Å²) in [6, 6.07) is 15.0. The lowest BCUT2D eigenvalue weighted by Gasteiger charge is -2.09. The molecule has 5 rings (SSSR count). The van der Waals surface area contributed by atoms with Crippen molar-refractivity contribution in [1.29, 1.82) is 0 Å². The number of ketones is 1. The maximum absolute atomic E-state index is 13.4. The summed E-state index contributed by atoms with van der Waals surface area (Å²) in [5, 5.41) is 19.4. The van der Waals surface area contributed by atoms with E-state index in [4.69, 9.17) is 39.2 Å².